The van der Waals surface area contributed by atoms with Gasteiger partial charge in [0.15, 0.2) is 0 Å². The van der Waals surface area contributed by atoms with E-state index in [4.69, 9.17) is 16.6 Å². The standard InChI is InChI=1S/C23H21ClN4O3S/c1-23(21(30)26-22(31)27-23)15-4-2-14(3-5-15)20(29)28-10-8-13(9-11-28)19-25-17-12-16(24)6-7-18(17)32-19/h2-7,12-13H,8-11H2,1H3,(H2,26,27,30,31)/t23-/m1/s1. The number of benzene rings is 2. The Labute approximate surface area is 193 Å². The fourth-order valence-corrected chi connectivity index (χ4v) is 5.58. The number of imide groups is 1. The van der Waals surface area contributed by atoms with Gasteiger partial charge in [-0.05, 0) is 55.7 Å². The van der Waals surface area contributed by atoms with Crippen LogP contribution in [0.3, 0.4) is 0 Å². The average Bonchev–Trinajstić information content (AvgIpc) is 3.33. The van der Waals surface area contributed by atoms with Gasteiger partial charge in [-0.15, -0.1) is 11.3 Å². The van der Waals surface area contributed by atoms with Gasteiger partial charge in [0.25, 0.3) is 11.8 Å². The van der Waals surface area contributed by atoms with E-state index in [1.54, 1.807) is 42.5 Å². The Morgan fingerprint density at radius 1 is 1.16 bits per heavy atom. The van der Waals surface area contributed by atoms with E-state index in [9.17, 15) is 14.4 Å². The molecule has 7 nitrogen and oxygen atoms in total. The van der Waals surface area contributed by atoms with Crippen LogP contribution < -0.4 is 10.6 Å². The number of carbonyl (C=O) groups excluding carboxylic acids is 3. The molecule has 0 saturated carbocycles. The molecule has 3 heterocycles. The van der Waals surface area contributed by atoms with Gasteiger partial charge in [-0.2, -0.15) is 0 Å². The Morgan fingerprint density at radius 2 is 1.88 bits per heavy atom. The molecular weight excluding hydrogens is 448 g/mol. The maximum atomic E-state index is 13.0. The van der Waals surface area contributed by atoms with Crippen molar-refractivity contribution < 1.29 is 14.4 Å². The van der Waals surface area contributed by atoms with Crippen molar-refractivity contribution in [3.05, 3.63) is 63.6 Å². The molecule has 2 aromatic carbocycles. The van der Waals surface area contributed by atoms with Gasteiger partial charge in [0.2, 0.25) is 0 Å². The van der Waals surface area contributed by atoms with Crippen LogP contribution in [0.4, 0.5) is 4.79 Å². The molecule has 32 heavy (non-hydrogen) atoms. The van der Waals surface area contributed by atoms with E-state index in [-0.39, 0.29) is 5.91 Å². The van der Waals surface area contributed by atoms with E-state index < -0.39 is 17.5 Å². The van der Waals surface area contributed by atoms with E-state index >= 15 is 0 Å². The first-order chi connectivity index (χ1) is 15.3. The molecule has 9 heteroatoms. The Balaban J connectivity index is 1.25. The molecule has 0 radical (unpaired) electrons. The van der Waals surface area contributed by atoms with Crippen molar-refractivity contribution in [2.24, 2.45) is 0 Å². The molecule has 2 aliphatic heterocycles. The Hall–Kier alpha value is -2.97. The third-order valence-electron chi connectivity index (χ3n) is 6.25. The second-order valence-corrected chi connectivity index (χ2v) is 9.84. The number of hydrogen-bond acceptors (Lipinski definition) is 5. The highest BCUT2D eigenvalue weighted by Crippen LogP contribution is 2.35. The molecule has 0 bridgehead atoms. The molecule has 2 fully saturated rings. The van der Waals surface area contributed by atoms with E-state index in [0.29, 0.717) is 35.2 Å². The summed E-state index contributed by atoms with van der Waals surface area (Å²) in [7, 11) is 0. The van der Waals surface area contributed by atoms with Crippen LogP contribution in [0, 0.1) is 0 Å². The van der Waals surface area contributed by atoms with Crippen LogP contribution in [0.5, 0.6) is 0 Å². The molecule has 2 saturated heterocycles. The summed E-state index contributed by atoms with van der Waals surface area (Å²) in [5, 5.41) is 6.67. The van der Waals surface area contributed by atoms with Gasteiger partial charge in [0, 0.05) is 29.6 Å². The van der Waals surface area contributed by atoms with Crippen molar-refractivity contribution in [3.8, 4) is 0 Å². The van der Waals surface area contributed by atoms with Crippen molar-refractivity contribution >= 4 is 51.0 Å². The number of nitrogens with one attached hydrogen (secondary N) is 2. The maximum Gasteiger partial charge on any atom is 0.322 e. The molecule has 164 valence electrons. The third-order valence-corrected chi connectivity index (χ3v) is 7.69. The number of thiazole rings is 1. The molecule has 5 rings (SSSR count). The number of likely N-dealkylation sites (tertiary alicyclic amines) is 1. The lowest BCUT2D eigenvalue weighted by molar-refractivity contribution is -0.123. The van der Waals surface area contributed by atoms with Gasteiger partial charge < -0.3 is 10.2 Å². The summed E-state index contributed by atoms with van der Waals surface area (Å²) in [6.07, 6.45) is 1.73. The van der Waals surface area contributed by atoms with Gasteiger partial charge in [-0.1, -0.05) is 23.7 Å². The SMILES string of the molecule is C[C@]1(c2ccc(C(=O)N3CCC(c4nc5cc(Cl)ccc5s4)CC3)cc2)NC(=O)NC1=O. The zero-order valence-corrected chi connectivity index (χ0v) is 18.9. The largest absolute Gasteiger partial charge is 0.339 e. The predicted molar refractivity (Wildman–Crippen MR) is 123 cm³/mol. The van der Waals surface area contributed by atoms with Crippen molar-refractivity contribution in [2.45, 2.75) is 31.2 Å². The topological polar surface area (TPSA) is 91.4 Å². The lowest BCUT2D eigenvalue weighted by atomic mass is 9.91. The Morgan fingerprint density at radius 3 is 2.53 bits per heavy atom. The molecule has 3 aromatic rings. The monoisotopic (exact) mass is 468 g/mol. The molecule has 2 N–H and O–H groups in total. The van der Waals surface area contributed by atoms with Crippen LogP contribution in [0.15, 0.2) is 42.5 Å². The number of amides is 4. The Kier molecular flexibility index (Phi) is 5.14. The molecule has 1 aromatic heterocycles. The van der Waals surface area contributed by atoms with E-state index in [0.717, 1.165) is 28.1 Å². The first-order valence-corrected chi connectivity index (χ1v) is 11.6. The smallest absolute Gasteiger partial charge is 0.322 e. The average molecular weight is 469 g/mol. The van der Waals surface area contributed by atoms with E-state index in [2.05, 4.69) is 10.6 Å². The molecule has 0 unspecified atom stereocenters. The number of carbonyl (C=O) groups is 3. The quantitative estimate of drug-likeness (QED) is 0.568. The molecule has 4 amide bonds. The predicted octanol–water partition coefficient (Wildman–Crippen LogP) is 4.02. The van der Waals surface area contributed by atoms with Gasteiger partial charge in [0.1, 0.15) is 5.54 Å². The van der Waals surface area contributed by atoms with Crippen molar-refractivity contribution in [2.75, 3.05) is 13.1 Å². The highest BCUT2D eigenvalue weighted by molar-refractivity contribution is 7.18. The fourth-order valence-electron chi connectivity index (χ4n) is 4.30. The molecular formula is C23H21ClN4O3S. The second kappa shape index (κ2) is 7.86. The van der Waals surface area contributed by atoms with Crippen LogP contribution in [0.25, 0.3) is 10.2 Å². The third kappa shape index (κ3) is 3.63. The molecule has 2 aliphatic rings. The van der Waals surface area contributed by atoms with E-state index in [1.807, 2.05) is 23.1 Å². The molecule has 0 aliphatic carbocycles. The summed E-state index contributed by atoms with van der Waals surface area (Å²) in [4.78, 5) is 43.2. The lowest BCUT2D eigenvalue weighted by Gasteiger charge is -2.31. The summed E-state index contributed by atoms with van der Waals surface area (Å²) in [6.45, 7) is 2.97. The van der Waals surface area contributed by atoms with Crippen LogP contribution in [0.1, 0.15) is 46.6 Å². The number of rotatable bonds is 3. The molecule has 0 spiro atoms. The number of halogens is 1. The van der Waals surface area contributed by atoms with Crippen molar-refractivity contribution in [1.82, 2.24) is 20.5 Å². The van der Waals surface area contributed by atoms with Crippen molar-refractivity contribution in [1.29, 1.82) is 0 Å². The number of fused-ring (bicyclic) bond motifs is 1. The van der Waals surface area contributed by atoms with E-state index in [1.165, 1.54) is 0 Å². The molecule has 1 atom stereocenters. The highest BCUT2D eigenvalue weighted by atomic mass is 35.5. The minimum absolute atomic E-state index is 0.0313. The number of hydrogen-bond donors (Lipinski definition) is 2. The first kappa shape index (κ1) is 20.9. The summed E-state index contributed by atoms with van der Waals surface area (Å²) in [6, 6.07) is 12.1. The number of nitrogens with zero attached hydrogens (tertiary/aromatic N) is 2. The minimum Gasteiger partial charge on any atom is -0.339 e. The van der Waals surface area contributed by atoms with Crippen LogP contribution in [-0.2, 0) is 10.3 Å². The summed E-state index contributed by atoms with van der Waals surface area (Å²) in [5.41, 5.74) is 0.998. The van der Waals surface area contributed by atoms with Gasteiger partial charge in [0.05, 0.1) is 15.2 Å². The van der Waals surface area contributed by atoms with Crippen molar-refractivity contribution in [3.63, 3.8) is 0 Å². The van der Waals surface area contributed by atoms with Gasteiger partial charge in [-0.25, -0.2) is 9.78 Å². The number of urea groups is 1. The summed E-state index contributed by atoms with van der Waals surface area (Å²) in [5.74, 6) is -0.0982. The maximum absolute atomic E-state index is 13.0. The first-order valence-electron chi connectivity index (χ1n) is 10.4. The van der Waals surface area contributed by atoms with Crippen LogP contribution in [-0.4, -0.2) is 40.8 Å². The fraction of sp³-hybridized carbons (Fsp3) is 0.304. The summed E-state index contributed by atoms with van der Waals surface area (Å²) >= 11 is 7.77. The summed E-state index contributed by atoms with van der Waals surface area (Å²) < 4.78 is 1.13. The number of aromatic nitrogens is 1. The zero-order chi connectivity index (χ0) is 22.5. The zero-order valence-electron chi connectivity index (χ0n) is 17.4. The van der Waals surface area contributed by atoms with Crippen LogP contribution in [0.2, 0.25) is 5.02 Å². The second-order valence-electron chi connectivity index (χ2n) is 8.34. The number of piperidine rings is 1. The normalized spacial score (nSPS) is 21.6. The van der Waals surface area contributed by atoms with Crippen LogP contribution >= 0.6 is 22.9 Å². The van der Waals surface area contributed by atoms with Gasteiger partial charge >= 0.3 is 6.03 Å². The minimum atomic E-state index is -1.13. The Bertz CT molecular complexity index is 1230. The van der Waals surface area contributed by atoms with Gasteiger partial charge in [-0.3, -0.25) is 14.9 Å². The highest BCUT2D eigenvalue weighted by Gasteiger charge is 2.43. The lowest BCUT2D eigenvalue weighted by Crippen LogP contribution is -2.40.